The Kier molecular flexibility index (Phi) is 4.53. The van der Waals surface area contributed by atoms with E-state index in [9.17, 15) is 15.0 Å². The number of amides is 1. The molecular weight excluding hydrogens is 450 g/mol. The molecule has 2 unspecified atom stereocenters. The number of aliphatic hydroxyl groups is 2. The molecule has 2 fully saturated rings. The van der Waals surface area contributed by atoms with Crippen molar-refractivity contribution in [2.45, 2.75) is 41.7 Å². The molecule has 4 aliphatic heterocycles. The van der Waals surface area contributed by atoms with E-state index in [4.69, 9.17) is 4.74 Å². The molecule has 2 N–H and O–H groups in total. The number of carbonyl (C=O) groups is 1. The molecule has 34 heavy (non-hydrogen) atoms. The lowest BCUT2D eigenvalue weighted by atomic mass is 9.93. The molecule has 0 aromatic heterocycles. The third-order valence-corrected chi connectivity index (χ3v) is 8.69. The third kappa shape index (κ3) is 2.95. The number of hydrogen-bond acceptors (Lipinski definition) is 7. The zero-order valence-corrected chi connectivity index (χ0v) is 19.3. The largest absolute Gasteiger partial charge is 0.507 e. The van der Waals surface area contributed by atoms with Crippen LogP contribution in [0.4, 0.5) is 0 Å². The summed E-state index contributed by atoms with van der Waals surface area (Å²) in [5.74, 6) is 1.55. The summed E-state index contributed by atoms with van der Waals surface area (Å²) in [7, 11) is 0. The van der Waals surface area contributed by atoms with Crippen molar-refractivity contribution in [2.24, 2.45) is 5.92 Å². The predicted octanol–water partition coefficient (Wildman–Crippen LogP) is 3.53. The average molecular weight is 476 g/mol. The van der Waals surface area contributed by atoms with E-state index in [-0.39, 0.29) is 29.4 Å². The highest BCUT2D eigenvalue weighted by molar-refractivity contribution is 7.98. The van der Waals surface area contributed by atoms with Crippen LogP contribution in [-0.4, -0.2) is 56.5 Å². The molecule has 7 nitrogen and oxygen atoms in total. The monoisotopic (exact) mass is 475 g/mol. The lowest BCUT2D eigenvalue weighted by Gasteiger charge is -2.49. The van der Waals surface area contributed by atoms with Crippen LogP contribution in [0.1, 0.15) is 35.6 Å². The highest BCUT2D eigenvalue weighted by Gasteiger charge is 2.52. The maximum atomic E-state index is 13.6. The van der Waals surface area contributed by atoms with Crippen molar-refractivity contribution in [3.05, 3.63) is 82.9 Å². The van der Waals surface area contributed by atoms with Gasteiger partial charge in [-0.25, -0.2) is 0 Å². The summed E-state index contributed by atoms with van der Waals surface area (Å²) in [6, 6.07) is 14.5. The van der Waals surface area contributed by atoms with Gasteiger partial charge in [0.05, 0.1) is 19.3 Å². The van der Waals surface area contributed by atoms with Crippen molar-refractivity contribution in [1.29, 1.82) is 0 Å². The van der Waals surface area contributed by atoms with Crippen molar-refractivity contribution in [1.82, 2.24) is 14.9 Å². The molecule has 1 aliphatic carbocycles. The summed E-state index contributed by atoms with van der Waals surface area (Å²) in [5.41, 5.74) is 3.58. The molecule has 2 aromatic carbocycles. The minimum atomic E-state index is -1.19. The van der Waals surface area contributed by atoms with Gasteiger partial charge in [-0.2, -0.15) is 5.01 Å². The second kappa shape index (κ2) is 7.53. The lowest BCUT2D eigenvalue weighted by molar-refractivity contribution is -0.151. The average Bonchev–Trinajstić information content (AvgIpc) is 3.63. The molecule has 2 bridgehead atoms. The maximum Gasteiger partial charge on any atom is 0.276 e. The molecule has 0 spiro atoms. The third-order valence-electron chi connectivity index (χ3n) is 7.56. The van der Waals surface area contributed by atoms with Crippen molar-refractivity contribution >= 4 is 17.7 Å². The molecule has 8 heteroatoms. The minimum absolute atomic E-state index is 0.111. The lowest BCUT2D eigenvalue weighted by Crippen LogP contribution is -2.59. The Morgan fingerprint density at radius 2 is 2.00 bits per heavy atom. The van der Waals surface area contributed by atoms with E-state index in [0.29, 0.717) is 19.2 Å². The highest BCUT2D eigenvalue weighted by atomic mass is 32.2. The van der Waals surface area contributed by atoms with Gasteiger partial charge >= 0.3 is 0 Å². The molecule has 2 aromatic rings. The van der Waals surface area contributed by atoms with Crippen molar-refractivity contribution in [2.75, 3.05) is 13.3 Å². The predicted molar refractivity (Wildman–Crippen MR) is 126 cm³/mol. The van der Waals surface area contributed by atoms with Gasteiger partial charge in [0.15, 0.2) is 11.5 Å². The Balaban J connectivity index is 1.49. The molecule has 1 saturated heterocycles. The van der Waals surface area contributed by atoms with E-state index in [1.165, 1.54) is 16.5 Å². The van der Waals surface area contributed by atoms with Crippen LogP contribution in [0.15, 0.2) is 71.1 Å². The summed E-state index contributed by atoms with van der Waals surface area (Å²) in [5, 5.41) is 25.1. The zero-order valence-electron chi connectivity index (χ0n) is 18.5. The smallest absolute Gasteiger partial charge is 0.276 e. The summed E-state index contributed by atoms with van der Waals surface area (Å²) in [6.07, 6.45) is 3.85. The van der Waals surface area contributed by atoms with E-state index < -0.39 is 6.10 Å². The van der Waals surface area contributed by atoms with E-state index in [2.05, 4.69) is 35.3 Å². The fourth-order valence-corrected chi connectivity index (χ4v) is 6.83. The molecule has 5 atom stereocenters. The highest BCUT2D eigenvalue weighted by Crippen LogP contribution is 2.50. The van der Waals surface area contributed by atoms with Crippen LogP contribution >= 0.6 is 11.8 Å². The number of rotatable bonds is 0. The minimum Gasteiger partial charge on any atom is -0.507 e. The van der Waals surface area contributed by atoms with Gasteiger partial charge in [-0.15, -0.1) is 11.8 Å². The van der Waals surface area contributed by atoms with Gasteiger partial charge in [0.25, 0.3) is 5.91 Å². The summed E-state index contributed by atoms with van der Waals surface area (Å²) < 4.78 is 6.41. The summed E-state index contributed by atoms with van der Waals surface area (Å²) in [6.45, 7) is 1.01. The molecule has 1 saturated carbocycles. The number of nitrogens with zero attached hydrogens (tertiary/aromatic N) is 3. The molecule has 1 amide bonds. The Hall–Kier alpha value is -2.94. The van der Waals surface area contributed by atoms with Crippen LogP contribution in [-0.2, 0) is 10.5 Å². The number of ether oxygens (including phenoxy) is 1. The standard InChI is InChI=1S/C26H25N3O4S/c30-19-8-10-28-24(25(19)31)26(32)27-14-29(28)23-17-5-1-2-7-21(17)34-13-16-4-3-6-20(22(16)23)33-11-9-15-12-18(15)27/h1-8,10,15,18-19,23,30-31H,9,11-14H2/t15-,18+,19?,23+/m0/s1. The first-order valence-electron chi connectivity index (χ1n) is 11.7. The van der Waals surface area contributed by atoms with Gasteiger partial charge in [-0.05, 0) is 48.1 Å². The van der Waals surface area contributed by atoms with Crippen LogP contribution < -0.4 is 4.74 Å². The number of hydrazine groups is 1. The number of aliphatic hydroxyl groups excluding tert-OH is 2. The van der Waals surface area contributed by atoms with Crippen molar-refractivity contribution in [3.63, 3.8) is 0 Å². The molecule has 5 aliphatic rings. The van der Waals surface area contributed by atoms with Gasteiger partial charge in [-0.1, -0.05) is 30.3 Å². The summed E-state index contributed by atoms with van der Waals surface area (Å²) in [4.78, 5) is 16.7. The van der Waals surface area contributed by atoms with E-state index in [1.807, 2.05) is 17.0 Å². The first-order chi connectivity index (χ1) is 16.6. The Morgan fingerprint density at radius 1 is 1.12 bits per heavy atom. The quantitative estimate of drug-likeness (QED) is 0.604. The molecule has 4 heterocycles. The van der Waals surface area contributed by atoms with Gasteiger partial charge in [0, 0.05) is 28.5 Å². The van der Waals surface area contributed by atoms with Crippen molar-refractivity contribution < 1.29 is 19.7 Å². The van der Waals surface area contributed by atoms with Crippen LogP contribution in [0.3, 0.4) is 0 Å². The Labute approximate surface area is 201 Å². The van der Waals surface area contributed by atoms with Gasteiger partial charge in [0.1, 0.15) is 11.9 Å². The normalized spacial score (nSPS) is 31.3. The fourth-order valence-electron chi connectivity index (χ4n) is 5.75. The molecular formula is C26H25N3O4S. The number of hydrogen-bond donors (Lipinski definition) is 2. The second-order valence-corrected chi connectivity index (χ2v) is 10.5. The fraction of sp³-hybridized carbons (Fsp3) is 0.346. The Morgan fingerprint density at radius 3 is 2.91 bits per heavy atom. The van der Waals surface area contributed by atoms with E-state index >= 15 is 0 Å². The van der Waals surface area contributed by atoms with Gasteiger partial charge in [0.2, 0.25) is 0 Å². The number of carbonyl (C=O) groups excluding carboxylic acids is 1. The van der Waals surface area contributed by atoms with Crippen LogP contribution in [0.2, 0.25) is 0 Å². The summed E-state index contributed by atoms with van der Waals surface area (Å²) >= 11 is 1.81. The van der Waals surface area contributed by atoms with Gasteiger partial charge in [-0.3, -0.25) is 9.80 Å². The van der Waals surface area contributed by atoms with E-state index in [0.717, 1.165) is 35.5 Å². The number of fused-ring (bicyclic) bond motifs is 9. The van der Waals surface area contributed by atoms with Gasteiger partial charge < -0.3 is 19.8 Å². The first kappa shape index (κ1) is 20.4. The molecule has 174 valence electrons. The first-order valence-corrected chi connectivity index (χ1v) is 12.7. The number of benzene rings is 2. The zero-order chi connectivity index (χ0) is 23.0. The topological polar surface area (TPSA) is 76.5 Å². The second-order valence-electron chi connectivity index (χ2n) is 9.48. The van der Waals surface area contributed by atoms with Crippen LogP contribution in [0.25, 0.3) is 0 Å². The van der Waals surface area contributed by atoms with Crippen LogP contribution in [0, 0.1) is 5.92 Å². The molecule has 0 radical (unpaired) electrons. The van der Waals surface area contributed by atoms with Crippen LogP contribution in [0.5, 0.6) is 5.75 Å². The maximum absolute atomic E-state index is 13.6. The van der Waals surface area contributed by atoms with E-state index in [1.54, 1.807) is 23.0 Å². The SMILES string of the molecule is O=C1C2=C(O)C(O)C=CN2N2CN1[C@@H]1C[C@@H]1CCOc1cccc3c1[C@H]2c1ccccc1SC3. The van der Waals surface area contributed by atoms with Crippen molar-refractivity contribution in [3.8, 4) is 5.75 Å². The number of thioether (sulfide) groups is 1. The Bertz CT molecular complexity index is 1260. The molecule has 7 rings (SSSR count).